The van der Waals surface area contributed by atoms with E-state index in [0.717, 1.165) is 24.9 Å². The molecule has 2 rings (SSSR count). The highest BCUT2D eigenvalue weighted by atomic mass is 16.5. The maximum Gasteiger partial charge on any atom is 0.322 e. The first-order valence-electron chi connectivity index (χ1n) is 6.80. The third-order valence-corrected chi connectivity index (χ3v) is 4.34. The Hall–Kier alpha value is -0.610. The molecule has 0 aromatic heterocycles. The molecule has 2 aliphatic rings. The Morgan fingerprint density at radius 3 is 2.94 bits per heavy atom. The van der Waals surface area contributed by atoms with Crippen LogP contribution < -0.4 is 5.73 Å². The summed E-state index contributed by atoms with van der Waals surface area (Å²) in [5, 5.41) is 0. The van der Waals surface area contributed by atoms with Crippen molar-refractivity contribution in [2.24, 2.45) is 11.7 Å². The van der Waals surface area contributed by atoms with Gasteiger partial charge in [-0.15, -0.1) is 0 Å². The quantitative estimate of drug-likeness (QED) is 0.749. The molecular formula is C13H24N2O2. The predicted octanol–water partition coefficient (Wildman–Crippen LogP) is 1.14. The number of likely N-dealkylation sites (tertiary alicyclic amines) is 1. The van der Waals surface area contributed by atoms with Crippen LogP contribution in [-0.4, -0.2) is 43.2 Å². The number of piperidine rings is 1. The Morgan fingerprint density at radius 1 is 1.41 bits per heavy atom. The number of nitrogens with zero attached hydrogens (tertiary/aromatic N) is 1. The monoisotopic (exact) mass is 240 g/mol. The minimum Gasteiger partial charge on any atom is -0.468 e. The Balaban J connectivity index is 1.80. The minimum atomic E-state index is -0.457. The number of rotatable bonds is 4. The highest BCUT2D eigenvalue weighted by Gasteiger charge is 2.34. The molecule has 4 heteroatoms. The van der Waals surface area contributed by atoms with Crippen molar-refractivity contribution in [1.82, 2.24) is 4.90 Å². The molecule has 3 unspecified atom stereocenters. The van der Waals surface area contributed by atoms with Gasteiger partial charge in [-0.25, -0.2) is 0 Å². The number of hydrogen-bond acceptors (Lipinski definition) is 4. The van der Waals surface area contributed by atoms with Crippen molar-refractivity contribution in [1.29, 1.82) is 0 Å². The van der Waals surface area contributed by atoms with Gasteiger partial charge in [0.05, 0.1) is 7.11 Å². The molecular weight excluding hydrogens is 216 g/mol. The molecule has 98 valence electrons. The SMILES string of the molecule is COC(=O)C(N)CCN1CCCC2CCCC21. The zero-order chi connectivity index (χ0) is 12.3. The summed E-state index contributed by atoms with van der Waals surface area (Å²) < 4.78 is 4.66. The van der Waals surface area contributed by atoms with Gasteiger partial charge in [0.25, 0.3) is 0 Å². The zero-order valence-electron chi connectivity index (χ0n) is 10.7. The second-order valence-electron chi connectivity index (χ2n) is 5.35. The van der Waals surface area contributed by atoms with E-state index in [9.17, 15) is 4.79 Å². The highest BCUT2D eigenvalue weighted by molar-refractivity contribution is 5.75. The third-order valence-electron chi connectivity index (χ3n) is 4.34. The lowest BCUT2D eigenvalue weighted by atomic mass is 9.91. The van der Waals surface area contributed by atoms with Gasteiger partial charge in [-0.2, -0.15) is 0 Å². The summed E-state index contributed by atoms with van der Waals surface area (Å²) in [7, 11) is 1.40. The van der Waals surface area contributed by atoms with Crippen LogP contribution in [0, 0.1) is 5.92 Å². The molecule has 1 aliphatic carbocycles. The second kappa shape index (κ2) is 5.83. The Bertz CT molecular complexity index is 270. The van der Waals surface area contributed by atoms with E-state index in [4.69, 9.17) is 5.73 Å². The molecule has 2 N–H and O–H groups in total. The van der Waals surface area contributed by atoms with Crippen molar-refractivity contribution in [3.63, 3.8) is 0 Å². The Morgan fingerprint density at radius 2 is 2.18 bits per heavy atom. The van der Waals surface area contributed by atoms with Crippen LogP contribution >= 0.6 is 0 Å². The molecule has 0 aromatic carbocycles. The maximum absolute atomic E-state index is 11.2. The van der Waals surface area contributed by atoms with E-state index in [0.29, 0.717) is 0 Å². The van der Waals surface area contributed by atoms with Crippen LogP contribution in [0.1, 0.15) is 38.5 Å². The lowest BCUT2D eigenvalue weighted by molar-refractivity contribution is -0.142. The second-order valence-corrected chi connectivity index (χ2v) is 5.35. The van der Waals surface area contributed by atoms with Crippen LogP contribution in [0.3, 0.4) is 0 Å². The largest absolute Gasteiger partial charge is 0.468 e. The summed E-state index contributed by atoms with van der Waals surface area (Å²) in [6.45, 7) is 2.12. The van der Waals surface area contributed by atoms with Crippen molar-refractivity contribution in [3.05, 3.63) is 0 Å². The fourth-order valence-corrected chi connectivity index (χ4v) is 3.41. The highest BCUT2D eigenvalue weighted by Crippen LogP contribution is 2.36. The summed E-state index contributed by atoms with van der Waals surface area (Å²) in [4.78, 5) is 13.8. The molecule has 4 nitrogen and oxygen atoms in total. The topological polar surface area (TPSA) is 55.6 Å². The summed E-state index contributed by atoms with van der Waals surface area (Å²) in [6, 6.07) is 0.301. The number of carbonyl (C=O) groups excluding carboxylic acids is 1. The molecule has 0 radical (unpaired) electrons. The number of fused-ring (bicyclic) bond motifs is 1. The molecule has 2 fully saturated rings. The van der Waals surface area contributed by atoms with Crippen LogP contribution in [-0.2, 0) is 9.53 Å². The molecule has 0 aromatic rings. The number of carbonyl (C=O) groups is 1. The van der Waals surface area contributed by atoms with Gasteiger partial charge in [0, 0.05) is 12.6 Å². The van der Waals surface area contributed by atoms with E-state index < -0.39 is 6.04 Å². The summed E-state index contributed by atoms with van der Waals surface area (Å²) in [6.07, 6.45) is 7.51. The first kappa shape index (κ1) is 12.8. The fraction of sp³-hybridized carbons (Fsp3) is 0.923. The average Bonchev–Trinajstić information content (AvgIpc) is 2.83. The van der Waals surface area contributed by atoms with Crippen LogP contribution in [0.15, 0.2) is 0 Å². The van der Waals surface area contributed by atoms with Crippen LogP contribution in [0.5, 0.6) is 0 Å². The number of methoxy groups -OCH3 is 1. The third kappa shape index (κ3) is 2.99. The first-order valence-corrected chi connectivity index (χ1v) is 6.80. The van der Waals surface area contributed by atoms with Gasteiger partial charge in [-0.05, 0) is 44.6 Å². The van der Waals surface area contributed by atoms with Gasteiger partial charge in [0.15, 0.2) is 0 Å². The van der Waals surface area contributed by atoms with Gasteiger partial charge in [0.2, 0.25) is 0 Å². The smallest absolute Gasteiger partial charge is 0.322 e. The number of hydrogen-bond donors (Lipinski definition) is 1. The van der Waals surface area contributed by atoms with Crippen molar-refractivity contribution in [2.75, 3.05) is 20.2 Å². The number of esters is 1. The Labute approximate surface area is 103 Å². The molecule has 3 atom stereocenters. The first-order chi connectivity index (χ1) is 8.22. The molecule has 1 saturated carbocycles. The standard InChI is InChI=1S/C13H24N2O2/c1-17-13(16)11(14)7-9-15-8-3-5-10-4-2-6-12(10)15/h10-12H,2-9,14H2,1H3. The average molecular weight is 240 g/mol. The van der Waals surface area contributed by atoms with Crippen molar-refractivity contribution in [3.8, 4) is 0 Å². The normalized spacial score (nSPS) is 30.9. The van der Waals surface area contributed by atoms with E-state index in [1.807, 2.05) is 0 Å². The molecule has 17 heavy (non-hydrogen) atoms. The Kier molecular flexibility index (Phi) is 4.40. The van der Waals surface area contributed by atoms with E-state index >= 15 is 0 Å². The zero-order valence-corrected chi connectivity index (χ0v) is 10.7. The van der Waals surface area contributed by atoms with Gasteiger partial charge < -0.3 is 15.4 Å². The molecule has 1 heterocycles. The van der Waals surface area contributed by atoms with Gasteiger partial charge in [-0.3, -0.25) is 4.79 Å². The summed E-state index contributed by atoms with van der Waals surface area (Å²) in [5.41, 5.74) is 5.78. The summed E-state index contributed by atoms with van der Waals surface area (Å²) in [5.74, 6) is 0.614. The van der Waals surface area contributed by atoms with Gasteiger partial charge in [0.1, 0.15) is 6.04 Å². The van der Waals surface area contributed by atoms with Gasteiger partial charge >= 0.3 is 5.97 Å². The predicted molar refractivity (Wildman–Crippen MR) is 66.5 cm³/mol. The number of nitrogens with two attached hydrogens (primary N) is 1. The van der Waals surface area contributed by atoms with Crippen molar-refractivity contribution >= 4 is 5.97 Å². The lowest BCUT2D eigenvalue weighted by Gasteiger charge is -2.38. The van der Waals surface area contributed by atoms with Crippen LogP contribution in [0.4, 0.5) is 0 Å². The fourth-order valence-electron chi connectivity index (χ4n) is 3.41. The van der Waals surface area contributed by atoms with Crippen LogP contribution in [0.25, 0.3) is 0 Å². The summed E-state index contributed by atoms with van der Waals surface area (Å²) >= 11 is 0. The van der Waals surface area contributed by atoms with Crippen LogP contribution in [0.2, 0.25) is 0 Å². The molecule has 1 aliphatic heterocycles. The van der Waals surface area contributed by atoms with E-state index in [1.165, 1.54) is 45.8 Å². The van der Waals surface area contributed by atoms with E-state index in [-0.39, 0.29) is 5.97 Å². The molecule has 0 amide bonds. The lowest BCUT2D eigenvalue weighted by Crippen LogP contribution is -2.45. The minimum absolute atomic E-state index is 0.287. The van der Waals surface area contributed by atoms with E-state index in [2.05, 4.69) is 9.64 Å². The molecule has 0 bridgehead atoms. The van der Waals surface area contributed by atoms with Crippen molar-refractivity contribution in [2.45, 2.75) is 50.6 Å². The van der Waals surface area contributed by atoms with Crippen molar-refractivity contribution < 1.29 is 9.53 Å². The molecule has 0 spiro atoms. The van der Waals surface area contributed by atoms with Gasteiger partial charge in [-0.1, -0.05) is 6.42 Å². The molecule has 1 saturated heterocycles. The van der Waals surface area contributed by atoms with E-state index in [1.54, 1.807) is 0 Å². The number of ether oxygens (including phenoxy) is 1. The maximum atomic E-state index is 11.2.